The first kappa shape index (κ1) is 17.9. The van der Waals surface area contributed by atoms with E-state index < -0.39 is 15.7 Å². The van der Waals surface area contributed by atoms with Crippen LogP contribution in [0.5, 0.6) is 0 Å². The number of sulfone groups is 1. The highest BCUT2D eigenvalue weighted by Gasteiger charge is 2.31. The van der Waals surface area contributed by atoms with Crippen LogP contribution >= 0.6 is 0 Å². The fraction of sp³-hybridized carbons (Fsp3) is 0.158. The van der Waals surface area contributed by atoms with Crippen LogP contribution in [-0.4, -0.2) is 37.4 Å². The van der Waals surface area contributed by atoms with E-state index in [0.717, 1.165) is 5.56 Å². The van der Waals surface area contributed by atoms with Crippen molar-refractivity contribution >= 4 is 33.0 Å². The van der Waals surface area contributed by atoms with Crippen molar-refractivity contribution in [3.05, 3.63) is 66.2 Å². The second-order valence-corrected chi connectivity index (χ2v) is 8.14. The smallest absolute Gasteiger partial charge is 0.259 e. The summed E-state index contributed by atoms with van der Waals surface area (Å²) in [5.74, 6) is -0.637. The molecule has 3 rings (SSSR count). The average Bonchev–Trinajstić information content (AvgIpc) is 2.87. The molecule has 134 valence electrons. The van der Waals surface area contributed by atoms with Crippen LogP contribution in [0.2, 0.25) is 0 Å². The van der Waals surface area contributed by atoms with Gasteiger partial charge in [0.05, 0.1) is 10.6 Å². The molecular weight excluding hydrogens is 352 g/mol. The molecule has 0 saturated heterocycles. The van der Waals surface area contributed by atoms with Crippen molar-refractivity contribution < 1.29 is 18.0 Å². The lowest BCUT2D eigenvalue weighted by molar-refractivity contribution is -0.116. The van der Waals surface area contributed by atoms with Crippen molar-refractivity contribution in [1.29, 1.82) is 0 Å². The van der Waals surface area contributed by atoms with E-state index >= 15 is 0 Å². The van der Waals surface area contributed by atoms with E-state index in [-0.39, 0.29) is 23.1 Å². The van der Waals surface area contributed by atoms with Gasteiger partial charge in [0.1, 0.15) is 6.54 Å². The summed E-state index contributed by atoms with van der Waals surface area (Å²) in [4.78, 5) is 26.2. The summed E-state index contributed by atoms with van der Waals surface area (Å²) < 4.78 is 23.6. The maximum absolute atomic E-state index is 12.4. The minimum absolute atomic E-state index is 0.0123. The van der Waals surface area contributed by atoms with Crippen molar-refractivity contribution in [3.63, 3.8) is 0 Å². The summed E-state index contributed by atoms with van der Waals surface area (Å²) in [6.45, 7) is 5.30. The molecule has 7 heteroatoms. The Hall–Kier alpha value is -2.93. The molecule has 2 amide bonds. The minimum atomic E-state index is -3.28. The molecule has 2 aromatic carbocycles. The number of amides is 2. The van der Waals surface area contributed by atoms with Crippen LogP contribution in [-0.2, 0) is 14.6 Å². The SMILES string of the molecule is C=C1c2ccccc2C(=O)N1CC(=O)Nc1ccc(S(=O)(=O)CC)cc1. The lowest BCUT2D eigenvalue weighted by Crippen LogP contribution is -2.32. The molecule has 0 aromatic heterocycles. The van der Waals surface area contributed by atoms with Crippen molar-refractivity contribution in [2.45, 2.75) is 11.8 Å². The maximum Gasteiger partial charge on any atom is 0.259 e. The Morgan fingerprint density at radius 2 is 1.69 bits per heavy atom. The van der Waals surface area contributed by atoms with Crippen molar-refractivity contribution in [1.82, 2.24) is 4.90 Å². The Morgan fingerprint density at radius 1 is 1.08 bits per heavy atom. The molecule has 1 aliphatic heterocycles. The highest BCUT2D eigenvalue weighted by atomic mass is 32.2. The first-order valence-corrected chi connectivity index (χ1v) is 9.71. The number of benzene rings is 2. The third-order valence-electron chi connectivity index (χ3n) is 4.22. The van der Waals surface area contributed by atoms with Crippen LogP contribution in [0.3, 0.4) is 0 Å². The molecule has 1 heterocycles. The van der Waals surface area contributed by atoms with Crippen LogP contribution in [0, 0.1) is 0 Å². The van der Waals surface area contributed by atoms with E-state index in [1.54, 1.807) is 25.1 Å². The number of fused-ring (bicyclic) bond motifs is 1. The highest BCUT2D eigenvalue weighted by molar-refractivity contribution is 7.91. The molecule has 0 radical (unpaired) electrons. The van der Waals surface area contributed by atoms with Gasteiger partial charge in [0, 0.05) is 22.5 Å². The van der Waals surface area contributed by atoms with E-state index in [2.05, 4.69) is 11.9 Å². The molecule has 0 fully saturated rings. The Labute approximate surface area is 152 Å². The van der Waals surface area contributed by atoms with Crippen LogP contribution in [0.1, 0.15) is 22.8 Å². The van der Waals surface area contributed by atoms with Gasteiger partial charge < -0.3 is 5.32 Å². The highest BCUT2D eigenvalue weighted by Crippen LogP contribution is 2.30. The summed E-state index contributed by atoms with van der Waals surface area (Å²) in [5.41, 5.74) is 2.20. The first-order chi connectivity index (χ1) is 12.3. The van der Waals surface area contributed by atoms with Gasteiger partial charge in [-0.3, -0.25) is 14.5 Å². The summed E-state index contributed by atoms with van der Waals surface area (Å²) in [7, 11) is -3.28. The Bertz CT molecular complexity index is 959. The predicted molar refractivity (Wildman–Crippen MR) is 99.3 cm³/mol. The summed E-state index contributed by atoms with van der Waals surface area (Å²) in [5, 5.41) is 2.66. The molecule has 0 aliphatic carbocycles. The number of carbonyl (C=O) groups is 2. The average molecular weight is 370 g/mol. The number of hydrogen-bond acceptors (Lipinski definition) is 4. The zero-order valence-electron chi connectivity index (χ0n) is 14.2. The van der Waals surface area contributed by atoms with Gasteiger partial charge in [-0.25, -0.2) is 8.42 Å². The third-order valence-corrected chi connectivity index (χ3v) is 5.97. The molecule has 0 saturated carbocycles. The van der Waals surface area contributed by atoms with Crippen molar-refractivity contribution in [2.75, 3.05) is 17.6 Å². The number of rotatable bonds is 5. The second-order valence-electron chi connectivity index (χ2n) is 5.86. The van der Waals surface area contributed by atoms with Crippen LogP contribution in [0.25, 0.3) is 5.70 Å². The number of hydrogen-bond donors (Lipinski definition) is 1. The van der Waals surface area contributed by atoms with Gasteiger partial charge >= 0.3 is 0 Å². The molecule has 1 aliphatic rings. The zero-order valence-corrected chi connectivity index (χ0v) is 15.0. The van der Waals surface area contributed by atoms with Gasteiger partial charge in [0.15, 0.2) is 9.84 Å². The van der Waals surface area contributed by atoms with Gasteiger partial charge in [-0.15, -0.1) is 0 Å². The lowest BCUT2D eigenvalue weighted by atomic mass is 10.1. The fourth-order valence-electron chi connectivity index (χ4n) is 2.76. The molecule has 1 N–H and O–H groups in total. The summed E-state index contributed by atoms with van der Waals surface area (Å²) in [6.07, 6.45) is 0. The van der Waals surface area contributed by atoms with Gasteiger partial charge in [0.2, 0.25) is 5.91 Å². The predicted octanol–water partition coefficient (Wildman–Crippen LogP) is 2.55. The number of nitrogens with one attached hydrogen (secondary N) is 1. The monoisotopic (exact) mass is 370 g/mol. The Balaban J connectivity index is 1.69. The van der Waals surface area contributed by atoms with E-state index in [9.17, 15) is 18.0 Å². The Morgan fingerprint density at radius 3 is 2.27 bits per heavy atom. The molecular formula is C19H18N2O4S. The number of carbonyl (C=O) groups excluding carboxylic acids is 2. The summed E-state index contributed by atoms with van der Waals surface area (Å²) in [6, 6.07) is 13.0. The standard InChI is InChI=1S/C19H18N2O4S/c1-3-26(24,25)15-10-8-14(9-11-15)20-18(22)12-21-13(2)16-6-4-5-7-17(16)19(21)23/h4-11H,2-3,12H2,1H3,(H,20,22). The van der Waals surface area contributed by atoms with Gasteiger partial charge in [-0.2, -0.15) is 0 Å². The quantitative estimate of drug-likeness (QED) is 0.877. The van der Waals surface area contributed by atoms with E-state index in [1.165, 1.54) is 29.2 Å². The third kappa shape index (κ3) is 3.25. The lowest BCUT2D eigenvalue weighted by Gasteiger charge is -2.17. The largest absolute Gasteiger partial charge is 0.325 e. The van der Waals surface area contributed by atoms with Crippen LogP contribution in [0.15, 0.2) is 60.0 Å². The van der Waals surface area contributed by atoms with Crippen molar-refractivity contribution in [3.8, 4) is 0 Å². The fourth-order valence-corrected chi connectivity index (χ4v) is 3.64. The van der Waals surface area contributed by atoms with E-state index in [1.807, 2.05) is 6.07 Å². The van der Waals surface area contributed by atoms with Gasteiger partial charge in [-0.05, 0) is 30.3 Å². The van der Waals surface area contributed by atoms with Crippen LogP contribution in [0.4, 0.5) is 5.69 Å². The topological polar surface area (TPSA) is 83.6 Å². The minimum Gasteiger partial charge on any atom is -0.325 e. The van der Waals surface area contributed by atoms with E-state index in [4.69, 9.17) is 0 Å². The molecule has 6 nitrogen and oxygen atoms in total. The summed E-state index contributed by atoms with van der Waals surface area (Å²) >= 11 is 0. The molecule has 0 spiro atoms. The molecule has 0 atom stereocenters. The van der Waals surface area contributed by atoms with Gasteiger partial charge in [0.25, 0.3) is 5.91 Å². The number of nitrogens with zero attached hydrogens (tertiary/aromatic N) is 1. The number of anilines is 1. The molecule has 26 heavy (non-hydrogen) atoms. The molecule has 0 unspecified atom stereocenters. The first-order valence-electron chi connectivity index (χ1n) is 8.06. The normalized spacial score (nSPS) is 13.7. The molecule has 0 bridgehead atoms. The molecule has 2 aromatic rings. The second kappa shape index (κ2) is 6.76. The Kier molecular flexibility index (Phi) is 4.65. The van der Waals surface area contributed by atoms with Gasteiger partial charge in [-0.1, -0.05) is 31.7 Å². The van der Waals surface area contributed by atoms with Crippen molar-refractivity contribution in [2.24, 2.45) is 0 Å². The van der Waals surface area contributed by atoms with Crippen LogP contribution < -0.4 is 5.32 Å². The van der Waals surface area contributed by atoms with E-state index in [0.29, 0.717) is 16.9 Å². The maximum atomic E-state index is 12.4. The zero-order chi connectivity index (χ0) is 18.9.